The predicted molar refractivity (Wildman–Crippen MR) is 62.9 cm³/mol. The van der Waals surface area contributed by atoms with Gasteiger partial charge in [-0.2, -0.15) is 0 Å². The van der Waals surface area contributed by atoms with E-state index < -0.39 is 22.7 Å². The van der Waals surface area contributed by atoms with E-state index in [0.29, 0.717) is 37.4 Å². The van der Waals surface area contributed by atoms with Gasteiger partial charge in [-0.15, -0.1) is 0 Å². The molecule has 0 aromatic carbocycles. The molecule has 0 spiro atoms. The molecule has 1 N–H and O–H groups in total. The minimum absolute atomic E-state index is 0.0494. The number of aliphatic carboxylic acids is 1. The molecule has 1 amide bonds. The monoisotopic (exact) mass is 259 g/mol. The largest absolute Gasteiger partial charge is 0.481 e. The van der Waals surface area contributed by atoms with Crippen molar-refractivity contribution in [2.75, 3.05) is 24.6 Å². The van der Waals surface area contributed by atoms with E-state index in [4.69, 9.17) is 5.11 Å². The summed E-state index contributed by atoms with van der Waals surface area (Å²) in [7, 11) is -0.807. The molecule has 2 rings (SSSR count). The van der Waals surface area contributed by atoms with Crippen molar-refractivity contribution in [3.8, 4) is 0 Å². The van der Waals surface area contributed by atoms with Crippen LogP contribution in [0.3, 0.4) is 0 Å². The average Bonchev–Trinajstić information content (AvgIpc) is 2.78. The van der Waals surface area contributed by atoms with Gasteiger partial charge in [0.1, 0.15) is 0 Å². The molecule has 0 aromatic rings. The molecule has 2 atom stereocenters. The SMILES string of the molecule is O=C(O)[C@H]1CCC[C@H]1C(=O)N1CCS(=O)CC1. The fraction of sp³-hybridized carbons (Fsp3) is 0.818. The van der Waals surface area contributed by atoms with Crippen molar-refractivity contribution in [2.24, 2.45) is 11.8 Å². The van der Waals surface area contributed by atoms with E-state index in [1.807, 2.05) is 0 Å². The number of nitrogens with zero attached hydrogens (tertiary/aromatic N) is 1. The highest BCUT2D eigenvalue weighted by molar-refractivity contribution is 7.85. The highest BCUT2D eigenvalue weighted by Crippen LogP contribution is 2.33. The van der Waals surface area contributed by atoms with Crippen LogP contribution in [0.2, 0.25) is 0 Å². The molecule has 2 aliphatic rings. The molecule has 0 unspecified atom stereocenters. The highest BCUT2D eigenvalue weighted by Gasteiger charge is 2.40. The summed E-state index contributed by atoms with van der Waals surface area (Å²) < 4.78 is 11.2. The second-order valence-electron chi connectivity index (χ2n) is 4.66. The Labute approximate surface area is 103 Å². The lowest BCUT2D eigenvalue weighted by atomic mass is 9.95. The Bertz CT molecular complexity index is 347. The van der Waals surface area contributed by atoms with Crippen molar-refractivity contribution in [1.29, 1.82) is 0 Å². The first kappa shape index (κ1) is 12.5. The number of rotatable bonds is 2. The molecule has 0 aromatic heterocycles. The fourth-order valence-corrected chi connectivity index (χ4v) is 3.70. The second kappa shape index (κ2) is 5.16. The Kier molecular flexibility index (Phi) is 3.81. The van der Waals surface area contributed by atoms with E-state index in [1.54, 1.807) is 4.90 Å². The van der Waals surface area contributed by atoms with Crippen LogP contribution in [0.1, 0.15) is 19.3 Å². The van der Waals surface area contributed by atoms with Crippen LogP contribution in [0, 0.1) is 11.8 Å². The summed E-state index contributed by atoms with van der Waals surface area (Å²) in [6.07, 6.45) is 2.09. The lowest BCUT2D eigenvalue weighted by Crippen LogP contribution is -2.46. The third kappa shape index (κ3) is 2.68. The maximum Gasteiger partial charge on any atom is 0.307 e. The van der Waals surface area contributed by atoms with Crippen LogP contribution in [-0.2, 0) is 20.4 Å². The van der Waals surface area contributed by atoms with Crippen LogP contribution in [0.15, 0.2) is 0 Å². The summed E-state index contributed by atoms with van der Waals surface area (Å²) in [6.45, 7) is 1.02. The maximum absolute atomic E-state index is 12.2. The first-order chi connectivity index (χ1) is 8.09. The Morgan fingerprint density at radius 1 is 1.12 bits per heavy atom. The topological polar surface area (TPSA) is 74.7 Å². The minimum Gasteiger partial charge on any atom is -0.481 e. The summed E-state index contributed by atoms with van der Waals surface area (Å²) in [4.78, 5) is 24.9. The number of carboxylic acid groups (broad SMARTS) is 1. The van der Waals surface area contributed by atoms with Gasteiger partial charge in [0.15, 0.2) is 0 Å². The Morgan fingerprint density at radius 2 is 1.71 bits per heavy atom. The number of hydrogen-bond acceptors (Lipinski definition) is 3. The van der Waals surface area contributed by atoms with Gasteiger partial charge in [-0.3, -0.25) is 13.8 Å². The molecule has 0 bridgehead atoms. The molecule has 1 aliphatic heterocycles. The molecule has 6 heteroatoms. The molecule has 1 aliphatic carbocycles. The van der Waals surface area contributed by atoms with Gasteiger partial charge in [0.05, 0.1) is 11.8 Å². The maximum atomic E-state index is 12.2. The number of hydrogen-bond donors (Lipinski definition) is 1. The van der Waals surface area contributed by atoms with Gasteiger partial charge >= 0.3 is 5.97 Å². The number of carbonyl (C=O) groups excluding carboxylic acids is 1. The molecular weight excluding hydrogens is 242 g/mol. The van der Waals surface area contributed by atoms with Crippen LogP contribution in [0.5, 0.6) is 0 Å². The summed E-state index contributed by atoms with van der Waals surface area (Å²) in [5, 5.41) is 9.05. The zero-order chi connectivity index (χ0) is 12.4. The molecule has 5 nitrogen and oxygen atoms in total. The third-order valence-corrected chi connectivity index (χ3v) is 4.92. The van der Waals surface area contributed by atoms with Gasteiger partial charge in [-0.25, -0.2) is 0 Å². The van der Waals surface area contributed by atoms with Crippen LogP contribution in [0.4, 0.5) is 0 Å². The fourth-order valence-electron chi connectivity index (χ4n) is 2.64. The molecule has 1 heterocycles. The summed E-state index contributed by atoms with van der Waals surface area (Å²) in [6, 6.07) is 0. The van der Waals surface area contributed by atoms with Crippen LogP contribution < -0.4 is 0 Å². The summed E-state index contributed by atoms with van der Waals surface area (Å²) in [5.41, 5.74) is 0. The number of carbonyl (C=O) groups is 2. The lowest BCUT2D eigenvalue weighted by Gasteiger charge is -2.30. The first-order valence-electron chi connectivity index (χ1n) is 5.96. The average molecular weight is 259 g/mol. The van der Waals surface area contributed by atoms with E-state index in [0.717, 1.165) is 6.42 Å². The van der Waals surface area contributed by atoms with Gasteiger partial charge in [-0.05, 0) is 12.8 Å². The van der Waals surface area contributed by atoms with Crippen molar-refractivity contribution in [1.82, 2.24) is 4.90 Å². The Hall–Kier alpha value is -0.910. The zero-order valence-corrected chi connectivity index (χ0v) is 10.4. The minimum atomic E-state index is -0.860. The second-order valence-corrected chi connectivity index (χ2v) is 6.35. The van der Waals surface area contributed by atoms with Crippen LogP contribution >= 0.6 is 0 Å². The highest BCUT2D eigenvalue weighted by atomic mass is 32.2. The van der Waals surface area contributed by atoms with Crippen molar-refractivity contribution in [3.63, 3.8) is 0 Å². The van der Waals surface area contributed by atoms with Crippen molar-refractivity contribution < 1.29 is 18.9 Å². The van der Waals surface area contributed by atoms with Crippen molar-refractivity contribution in [3.05, 3.63) is 0 Å². The number of amides is 1. The summed E-state index contributed by atoms with van der Waals surface area (Å²) in [5.74, 6) is -0.742. The van der Waals surface area contributed by atoms with Gasteiger partial charge in [-0.1, -0.05) is 6.42 Å². The number of carboxylic acids is 1. The normalized spacial score (nSPS) is 30.5. The molecule has 0 radical (unpaired) electrons. The molecular formula is C11H17NO4S. The molecule has 17 heavy (non-hydrogen) atoms. The standard InChI is InChI=1S/C11H17NO4S/c13-10(12-4-6-17(16)7-5-12)8-2-1-3-9(8)11(14)15/h8-9H,1-7H2,(H,14,15)/t8-,9+/m1/s1. The van der Waals surface area contributed by atoms with E-state index in [1.165, 1.54) is 0 Å². The summed E-state index contributed by atoms with van der Waals surface area (Å²) >= 11 is 0. The van der Waals surface area contributed by atoms with E-state index in [9.17, 15) is 13.8 Å². The lowest BCUT2D eigenvalue weighted by molar-refractivity contribution is -0.149. The van der Waals surface area contributed by atoms with E-state index in [2.05, 4.69) is 0 Å². The predicted octanol–water partition coefficient (Wildman–Crippen LogP) is 0.0782. The zero-order valence-electron chi connectivity index (χ0n) is 9.63. The van der Waals surface area contributed by atoms with Gasteiger partial charge in [0.2, 0.25) is 5.91 Å². The Balaban J connectivity index is 1.99. The van der Waals surface area contributed by atoms with Gasteiger partial charge in [0.25, 0.3) is 0 Å². The quantitative estimate of drug-likeness (QED) is 0.762. The van der Waals surface area contributed by atoms with Crippen LogP contribution in [-0.4, -0.2) is 50.7 Å². The molecule has 2 fully saturated rings. The van der Waals surface area contributed by atoms with Crippen molar-refractivity contribution in [2.45, 2.75) is 19.3 Å². The smallest absolute Gasteiger partial charge is 0.307 e. The van der Waals surface area contributed by atoms with Crippen LogP contribution in [0.25, 0.3) is 0 Å². The van der Waals surface area contributed by atoms with Crippen molar-refractivity contribution >= 4 is 22.7 Å². The van der Waals surface area contributed by atoms with E-state index >= 15 is 0 Å². The molecule has 96 valence electrons. The van der Waals surface area contributed by atoms with Gasteiger partial charge < -0.3 is 10.0 Å². The first-order valence-corrected chi connectivity index (χ1v) is 7.45. The molecule has 1 saturated carbocycles. The van der Waals surface area contributed by atoms with E-state index in [-0.39, 0.29) is 11.8 Å². The third-order valence-electron chi connectivity index (χ3n) is 3.64. The Morgan fingerprint density at radius 3 is 2.29 bits per heavy atom. The molecule has 1 saturated heterocycles. The van der Waals surface area contributed by atoms with Gasteiger partial charge in [0, 0.05) is 35.4 Å².